The molecule has 2 aromatic heterocycles. The summed E-state index contributed by atoms with van der Waals surface area (Å²) in [6.07, 6.45) is 3.27. The summed E-state index contributed by atoms with van der Waals surface area (Å²) in [6, 6.07) is 15.4. The van der Waals surface area contributed by atoms with Crippen LogP contribution in [0.15, 0.2) is 60.9 Å². The van der Waals surface area contributed by atoms with Crippen LogP contribution in [0.3, 0.4) is 0 Å². The van der Waals surface area contributed by atoms with Crippen molar-refractivity contribution in [3.8, 4) is 22.8 Å². The second kappa shape index (κ2) is 12.7. The number of carbonyl (C=O) groups excluding carboxylic acids is 1. The molecule has 1 fully saturated rings. The molecule has 1 amide bonds. The molecule has 1 aliphatic rings. The number of rotatable bonds is 8. The highest BCUT2D eigenvalue weighted by molar-refractivity contribution is 5.83. The molecule has 11 nitrogen and oxygen atoms in total. The highest BCUT2D eigenvalue weighted by Gasteiger charge is 2.26. The van der Waals surface area contributed by atoms with Crippen LogP contribution in [-0.4, -0.2) is 90.2 Å². The number of carbonyl (C=O) groups is 1. The predicted octanol–water partition coefficient (Wildman–Crippen LogP) is 4.90. The minimum absolute atomic E-state index is 0.0443. The molecule has 226 valence electrons. The van der Waals surface area contributed by atoms with Crippen molar-refractivity contribution < 1.29 is 24.1 Å². The molecule has 0 bridgehead atoms. The summed E-state index contributed by atoms with van der Waals surface area (Å²) in [4.78, 5) is 32.5. The van der Waals surface area contributed by atoms with Crippen LogP contribution in [0.1, 0.15) is 20.8 Å². The summed E-state index contributed by atoms with van der Waals surface area (Å²) in [5.74, 6) is 2.15. The molecular weight excluding hydrogens is 548 g/mol. The lowest BCUT2D eigenvalue weighted by atomic mass is 10.1. The smallest absolute Gasteiger partial charge is 0.410 e. The van der Waals surface area contributed by atoms with E-state index in [4.69, 9.17) is 24.2 Å². The zero-order valence-electron chi connectivity index (χ0n) is 25.3. The molecule has 0 unspecified atom stereocenters. The molecule has 43 heavy (non-hydrogen) atoms. The number of aliphatic hydroxyl groups is 1. The lowest BCUT2D eigenvalue weighted by Gasteiger charge is -2.36. The maximum absolute atomic E-state index is 12.4. The molecule has 4 aromatic rings. The normalized spacial score (nSPS) is 13.6. The quantitative estimate of drug-likeness (QED) is 0.306. The number of pyridine rings is 1. The van der Waals surface area contributed by atoms with Gasteiger partial charge in [0.2, 0.25) is 0 Å². The van der Waals surface area contributed by atoms with E-state index >= 15 is 0 Å². The van der Waals surface area contributed by atoms with Crippen LogP contribution in [0, 0.1) is 0 Å². The second-order valence-electron chi connectivity index (χ2n) is 11.2. The van der Waals surface area contributed by atoms with E-state index in [0.717, 1.165) is 33.8 Å². The number of methoxy groups -OCH3 is 2. The average molecular weight is 587 g/mol. The molecule has 5 rings (SSSR count). The van der Waals surface area contributed by atoms with Crippen LogP contribution in [0.5, 0.6) is 11.5 Å². The first-order valence-electron chi connectivity index (χ1n) is 14.2. The first-order chi connectivity index (χ1) is 20.7. The standard InChI is InChI=1S/C32H38N6O5/c1-32(2,3)43-31(40)37-12-10-36(11-13-37)30-9-6-22(20-34-30)29-21-33-27-8-7-23(18-28(27)35-29)38(14-15-39)24-16-25(41-4)19-26(17-24)42-5/h6-9,16-21,39H,10-15H2,1-5H3. The molecule has 0 aliphatic carbocycles. The molecule has 2 aromatic carbocycles. The summed E-state index contributed by atoms with van der Waals surface area (Å²) in [7, 11) is 3.21. The van der Waals surface area contributed by atoms with Gasteiger partial charge in [-0.05, 0) is 51.1 Å². The van der Waals surface area contributed by atoms with Gasteiger partial charge in [-0.15, -0.1) is 0 Å². The number of aliphatic hydroxyl groups excluding tert-OH is 1. The van der Waals surface area contributed by atoms with Gasteiger partial charge < -0.3 is 34.0 Å². The van der Waals surface area contributed by atoms with Crippen molar-refractivity contribution in [2.24, 2.45) is 0 Å². The zero-order chi connectivity index (χ0) is 30.6. The van der Waals surface area contributed by atoms with E-state index in [1.165, 1.54) is 0 Å². The van der Waals surface area contributed by atoms with E-state index in [0.29, 0.717) is 49.9 Å². The Morgan fingerprint density at radius 3 is 2.21 bits per heavy atom. The molecule has 0 radical (unpaired) electrons. The summed E-state index contributed by atoms with van der Waals surface area (Å²) < 4.78 is 16.4. The Morgan fingerprint density at radius 2 is 1.60 bits per heavy atom. The number of hydrogen-bond donors (Lipinski definition) is 1. The number of anilines is 3. The topological polar surface area (TPSA) is 113 Å². The van der Waals surface area contributed by atoms with Crippen molar-refractivity contribution in [3.63, 3.8) is 0 Å². The Balaban J connectivity index is 1.34. The number of benzene rings is 2. The maximum Gasteiger partial charge on any atom is 0.410 e. The number of nitrogens with zero attached hydrogens (tertiary/aromatic N) is 6. The fourth-order valence-electron chi connectivity index (χ4n) is 4.93. The Labute approximate surface area is 251 Å². The number of hydrogen-bond acceptors (Lipinski definition) is 10. The van der Waals surface area contributed by atoms with Crippen LogP contribution >= 0.6 is 0 Å². The lowest BCUT2D eigenvalue weighted by molar-refractivity contribution is 0.0240. The van der Waals surface area contributed by atoms with Crippen molar-refractivity contribution in [3.05, 3.63) is 60.9 Å². The second-order valence-corrected chi connectivity index (χ2v) is 11.2. The number of aromatic nitrogens is 3. The Hall–Kier alpha value is -4.64. The van der Waals surface area contributed by atoms with Gasteiger partial charge in [0.15, 0.2) is 0 Å². The minimum Gasteiger partial charge on any atom is -0.497 e. The van der Waals surface area contributed by atoms with Gasteiger partial charge in [-0.3, -0.25) is 4.98 Å². The Bertz CT molecular complexity index is 1540. The number of piperazine rings is 1. The highest BCUT2D eigenvalue weighted by Crippen LogP contribution is 2.34. The molecule has 1 N–H and O–H groups in total. The van der Waals surface area contributed by atoms with Gasteiger partial charge in [0.25, 0.3) is 0 Å². The molecule has 3 heterocycles. The van der Waals surface area contributed by atoms with Crippen LogP contribution in [0.2, 0.25) is 0 Å². The third-order valence-corrected chi connectivity index (χ3v) is 7.11. The van der Waals surface area contributed by atoms with Gasteiger partial charge in [-0.2, -0.15) is 0 Å². The predicted molar refractivity (Wildman–Crippen MR) is 166 cm³/mol. The lowest BCUT2D eigenvalue weighted by Crippen LogP contribution is -2.50. The van der Waals surface area contributed by atoms with Crippen LogP contribution in [-0.2, 0) is 4.74 Å². The summed E-state index contributed by atoms with van der Waals surface area (Å²) in [6.45, 7) is 8.44. The molecule has 1 aliphatic heterocycles. The van der Waals surface area contributed by atoms with E-state index in [9.17, 15) is 9.90 Å². The van der Waals surface area contributed by atoms with Crippen molar-refractivity contribution >= 4 is 34.3 Å². The third kappa shape index (κ3) is 7.06. The molecule has 0 saturated carbocycles. The number of ether oxygens (including phenoxy) is 3. The van der Waals surface area contributed by atoms with Crippen molar-refractivity contribution in [1.29, 1.82) is 0 Å². The van der Waals surface area contributed by atoms with Crippen molar-refractivity contribution in [2.45, 2.75) is 26.4 Å². The number of amides is 1. The van der Waals surface area contributed by atoms with Gasteiger partial charge in [0.05, 0.1) is 43.8 Å². The third-order valence-electron chi connectivity index (χ3n) is 7.11. The summed E-state index contributed by atoms with van der Waals surface area (Å²) in [5.41, 5.74) is 4.18. The number of fused-ring (bicyclic) bond motifs is 1. The molecule has 0 atom stereocenters. The van der Waals surface area contributed by atoms with E-state index in [1.54, 1.807) is 31.5 Å². The monoisotopic (exact) mass is 586 g/mol. The van der Waals surface area contributed by atoms with Gasteiger partial charge >= 0.3 is 6.09 Å². The zero-order valence-corrected chi connectivity index (χ0v) is 25.3. The van der Waals surface area contributed by atoms with E-state index in [-0.39, 0.29) is 12.7 Å². The minimum atomic E-state index is -0.512. The largest absolute Gasteiger partial charge is 0.497 e. The fraction of sp³-hybridized carbons (Fsp3) is 0.375. The summed E-state index contributed by atoms with van der Waals surface area (Å²) in [5, 5.41) is 9.85. The van der Waals surface area contributed by atoms with Gasteiger partial charge in [-0.1, -0.05) is 0 Å². The van der Waals surface area contributed by atoms with Crippen LogP contribution in [0.25, 0.3) is 22.3 Å². The van der Waals surface area contributed by atoms with Gasteiger partial charge in [-0.25, -0.2) is 14.8 Å². The molecular formula is C32H38N6O5. The van der Waals surface area contributed by atoms with E-state index in [1.807, 2.05) is 74.2 Å². The van der Waals surface area contributed by atoms with E-state index in [2.05, 4.69) is 9.88 Å². The van der Waals surface area contributed by atoms with Gasteiger partial charge in [0.1, 0.15) is 22.9 Å². The average Bonchev–Trinajstić information content (AvgIpc) is 3.02. The van der Waals surface area contributed by atoms with E-state index < -0.39 is 5.60 Å². The first-order valence-corrected chi connectivity index (χ1v) is 14.2. The Kier molecular flexibility index (Phi) is 8.81. The fourth-order valence-corrected chi connectivity index (χ4v) is 4.93. The first kappa shape index (κ1) is 29.8. The SMILES string of the molecule is COc1cc(OC)cc(N(CCO)c2ccc3ncc(-c4ccc(N5CCN(C(=O)OC(C)(C)C)CC5)nc4)nc3c2)c1. The maximum atomic E-state index is 12.4. The summed E-state index contributed by atoms with van der Waals surface area (Å²) >= 11 is 0. The van der Waals surface area contributed by atoms with Gasteiger partial charge in [0, 0.05) is 74.1 Å². The van der Waals surface area contributed by atoms with Crippen LogP contribution < -0.4 is 19.3 Å². The van der Waals surface area contributed by atoms with Crippen molar-refractivity contribution in [1.82, 2.24) is 19.9 Å². The highest BCUT2D eigenvalue weighted by atomic mass is 16.6. The molecule has 11 heteroatoms. The molecule has 1 saturated heterocycles. The Morgan fingerprint density at radius 1 is 0.884 bits per heavy atom. The van der Waals surface area contributed by atoms with Crippen molar-refractivity contribution in [2.75, 3.05) is 63.4 Å². The van der Waals surface area contributed by atoms with Crippen LogP contribution in [0.4, 0.5) is 22.0 Å². The molecule has 0 spiro atoms.